The van der Waals surface area contributed by atoms with Gasteiger partial charge >= 0.3 is 0 Å². The first kappa shape index (κ1) is 12.4. The number of amides is 1. The number of carbonyl (C=O) groups excluding carboxylic acids is 1. The minimum atomic E-state index is -0.418. The van der Waals surface area contributed by atoms with Crippen molar-refractivity contribution in [2.24, 2.45) is 0 Å². The number of aliphatic hydroxyl groups excluding tert-OH is 1. The van der Waals surface area contributed by atoms with Crippen molar-refractivity contribution in [1.82, 2.24) is 10.6 Å². The quantitative estimate of drug-likeness (QED) is 0.692. The Hall–Kier alpha value is -1.59. The van der Waals surface area contributed by atoms with E-state index in [0.29, 0.717) is 19.6 Å². The zero-order valence-corrected chi connectivity index (χ0v) is 10.6. The Balaban J connectivity index is 1.58. The lowest BCUT2D eigenvalue weighted by Crippen LogP contribution is -2.49. The van der Waals surface area contributed by atoms with E-state index in [1.165, 1.54) is 0 Å². The van der Waals surface area contributed by atoms with Crippen molar-refractivity contribution >= 4 is 5.91 Å². The molecule has 1 aromatic carbocycles. The molecule has 0 radical (unpaired) electrons. The van der Waals surface area contributed by atoms with Crippen LogP contribution in [-0.4, -0.2) is 42.4 Å². The maximum absolute atomic E-state index is 12.0. The SMILES string of the molecule is O=C(N[C@@H]1COc2ccccc2C1)[C@@H]1C[C@H](O)CN1. The molecule has 2 heterocycles. The summed E-state index contributed by atoms with van der Waals surface area (Å²) in [5.41, 5.74) is 1.12. The second-order valence-electron chi connectivity index (χ2n) is 5.18. The van der Waals surface area contributed by atoms with Crippen molar-refractivity contribution in [3.8, 4) is 5.75 Å². The molecule has 19 heavy (non-hydrogen) atoms. The average Bonchev–Trinajstić information content (AvgIpc) is 2.85. The first-order chi connectivity index (χ1) is 9.22. The molecule has 1 saturated heterocycles. The van der Waals surface area contributed by atoms with Crippen LogP contribution in [0.3, 0.4) is 0 Å². The van der Waals surface area contributed by atoms with Crippen LogP contribution in [0.5, 0.6) is 5.75 Å². The van der Waals surface area contributed by atoms with E-state index in [0.717, 1.165) is 17.7 Å². The van der Waals surface area contributed by atoms with Gasteiger partial charge in [0.1, 0.15) is 12.4 Å². The Morgan fingerprint density at radius 2 is 2.26 bits per heavy atom. The van der Waals surface area contributed by atoms with Crippen molar-refractivity contribution in [3.05, 3.63) is 29.8 Å². The fourth-order valence-corrected chi connectivity index (χ4v) is 2.64. The largest absolute Gasteiger partial charge is 0.491 e. The molecule has 1 aromatic rings. The predicted molar refractivity (Wildman–Crippen MR) is 70.0 cm³/mol. The number of β-amino-alcohol motifs (C(OH)–C–C–N with tert-alkyl or cyclic N) is 1. The van der Waals surface area contributed by atoms with Gasteiger partial charge in [0.15, 0.2) is 0 Å². The highest BCUT2D eigenvalue weighted by molar-refractivity contribution is 5.82. The van der Waals surface area contributed by atoms with Crippen LogP contribution in [0.4, 0.5) is 0 Å². The van der Waals surface area contributed by atoms with E-state index in [1.807, 2.05) is 24.3 Å². The van der Waals surface area contributed by atoms with Crippen LogP contribution in [0.15, 0.2) is 24.3 Å². The van der Waals surface area contributed by atoms with Gasteiger partial charge in [-0.3, -0.25) is 4.79 Å². The van der Waals surface area contributed by atoms with Crippen molar-refractivity contribution in [2.75, 3.05) is 13.2 Å². The number of hydrogen-bond donors (Lipinski definition) is 3. The minimum absolute atomic E-state index is 0.00180. The molecule has 2 aliphatic heterocycles. The zero-order chi connectivity index (χ0) is 13.2. The van der Waals surface area contributed by atoms with Crippen LogP contribution < -0.4 is 15.4 Å². The molecule has 5 nitrogen and oxygen atoms in total. The smallest absolute Gasteiger partial charge is 0.237 e. The predicted octanol–water partition coefficient (Wildman–Crippen LogP) is -0.171. The molecule has 3 rings (SSSR count). The highest BCUT2D eigenvalue weighted by atomic mass is 16.5. The molecule has 3 N–H and O–H groups in total. The molecular formula is C14H18N2O3. The molecule has 1 fully saturated rings. The van der Waals surface area contributed by atoms with Crippen molar-refractivity contribution in [3.63, 3.8) is 0 Å². The van der Waals surface area contributed by atoms with Gasteiger partial charge in [0.25, 0.3) is 0 Å². The highest BCUT2D eigenvalue weighted by Gasteiger charge is 2.30. The van der Waals surface area contributed by atoms with E-state index in [-0.39, 0.29) is 18.0 Å². The summed E-state index contributed by atoms with van der Waals surface area (Å²) in [5, 5.41) is 15.4. The third-order valence-corrected chi connectivity index (χ3v) is 3.65. The number of para-hydroxylation sites is 1. The number of fused-ring (bicyclic) bond motifs is 1. The topological polar surface area (TPSA) is 70.6 Å². The van der Waals surface area contributed by atoms with Crippen LogP contribution in [-0.2, 0) is 11.2 Å². The second-order valence-corrected chi connectivity index (χ2v) is 5.18. The Morgan fingerprint density at radius 3 is 3.05 bits per heavy atom. The molecule has 2 aliphatic rings. The number of hydrogen-bond acceptors (Lipinski definition) is 4. The molecular weight excluding hydrogens is 244 g/mol. The first-order valence-electron chi connectivity index (χ1n) is 6.65. The van der Waals surface area contributed by atoms with E-state index in [4.69, 9.17) is 4.74 Å². The van der Waals surface area contributed by atoms with E-state index in [1.54, 1.807) is 0 Å². The molecule has 0 aromatic heterocycles. The summed E-state index contributed by atoms with van der Waals surface area (Å²) >= 11 is 0. The molecule has 3 atom stereocenters. The molecule has 0 aliphatic carbocycles. The van der Waals surface area contributed by atoms with E-state index < -0.39 is 6.10 Å². The third kappa shape index (κ3) is 2.72. The lowest BCUT2D eigenvalue weighted by molar-refractivity contribution is -0.124. The van der Waals surface area contributed by atoms with E-state index >= 15 is 0 Å². The van der Waals surface area contributed by atoms with Gasteiger partial charge in [-0.25, -0.2) is 0 Å². The van der Waals surface area contributed by atoms with Crippen LogP contribution in [0, 0.1) is 0 Å². The Labute approximate surface area is 112 Å². The monoisotopic (exact) mass is 262 g/mol. The summed E-state index contributed by atoms with van der Waals surface area (Å²) in [5.74, 6) is 0.854. The van der Waals surface area contributed by atoms with E-state index in [9.17, 15) is 9.90 Å². The van der Waals surface area contributed by atoms with Crippen molar-refractivity contribution in [1.29, 1.82) is 0 Å². The average molecular weight is 262 g/mol. The minimum Gasteiger partial charge on any atom is -0.491 e. The van der Waals surface area contributed by atoms with E-state index in [2.05, 4.69) is 10.6 Å². The molecule has 102 valence electrons. The lowest BCUT2D eigenvalue weighted by Gasteiger charge is -2.27. The lowest BCUT2D eigenvalue weighted by atomic mass is 10.0. The summed E-state index contributed by atoms with van der Waals surface area (Å²) in [6, 6.07) is 7.60. The number of aliphatic hydroxyl groups is 1. The van der Waals surface area contributed by atoms with Gasteiger partial charge in [0.05, 0.1) is 18.2 Å². The second kappa shape index (κ2) is 5.19. The summed E-state index contributed by atoms with van der Waals surface area (Å²) in [4.78, 5) is 12.0. The fourth-order valence-electron chi connectivity index (χ4n) is 2.64. The van der Waals surface area contributed by atoms with Gasteiger partial charge in [-0.05, 0) is 24.5 Å². The number of benzene rings is 1. The van der Waals surface area contributed by atoms with Crippen LogP contribution in [0.2, 0.25) is 0 Å². The van der Waals surface area contributed by atoms with Crippen LogP contribution in [0.25, 0.3) is 0 Å². The number of carbonyl (C=O) groups is 1. The molecule has 0 saturated carbocycles. The molecule has 0 spiro atoms. The van der Waals surface area contributed by atoms with Gasteiger partial charge in [0.2, 0.25) is 5.91 Å². The van der Waals surface area contributed by atoms with Crippen LogP contribution >= 0.6 is 0 Å². The van der Waals surface area contributed by atoms with Gasteiger partial charge < -0.3 is 20.5 Å². The van der Waals surface area contributed by atoms with Gasteiger partial charge in [-0.2, -0.15) is 0 Å². The molecule has 5 heteroatoms. The van der Waals surface area contributed by atoms with Gasteiger partial charge in [0, 0.05) is 6.54 Å². The maximum atomic E-state index is 12.0. The summed E-state index contributed by atoms with van der Waals surface area (Å²) in [6.45, 7) is 0.986. The molecule has 1 amide bonds. The Bertz CT molecular complexity index is 478. The normalized spacial score (nSPS) is 29.4. The van der Waals surface area contributed by atoms with Crippen molar-refractivity contribution < 1.29 is 14.6 Å². The Morgan fingerprint density at radius 1 is 1.42 bits per heavy atom. The number of nitrogens with one attached hydrogen (secondary N) is 2. The fraction of sp³-hybridized carbons (Fsp3) is 0.500. The van der Waals surface area contributed by atoms with Gasteiger partial charge in [-0.15, -0.1) is 0 Å². The molecule has 0 bridgehead atoms. The highest BCUT2D eigenvalue weighted by Crippen LogP contribution is 2.24. The number of rotatable bonds is 2. The molecule has 0 unspecified atom stereocenters. The Kier molecular flexibility index (Phi) is 3.40. The standard InChI is InChI=1S/C14H18N2O3/c17-11-6-12(15-7-11)14(18)16-10-5-9-3-1-2-4-13(9)19-8-10/h1-4,10-12,15,17H,5-8H2,(H,16,18)/t10-,11-,12-/m0/s1. The summed E-state index contributed by atoms with van der Waals surface area (Å²) in [6.07, 6.45) is 0.853. The zero-order valence-electron chi connectivity index (χ0n) is 10.6. The van der Waals surface area contributed by atoms with Crippen molar-refractivity contribution in [2.45, 2.75) is 31.0 Å². The number of ether oxygens (including phenoxy) is 1. The maximum Gasteiger partial charge on any atom is 0.237 e. The summed E-state index contributed by atoms with van der Waals surface area (Å²) in [7, 11) is 0. The van der Waals surface area contributed by atoms with Gasteiger partial charge in [-0.1, -0.05) is 18.2 Å². The summed E-state index contributed by atoms with van der Waals surface area (Å²) < 4.78 is 5.64. The third-order valence-electron chi connectivity index (χ3n) is 3.65. The first-order valence-corrected chi connectivity index (χ1v) is 6.65. The van der Waals surface area contributed by atoms with Crippen LogP contribution in [0.1, 0.15) is 12.0 Å².